The van der Waals surface area contributed by atoms with E-state index in [-0.39, 0.29) is 59.4 Å². The third kappa shape index (κ3) is 3.60. The molecule has 2 unspecified atom stereocenters. The molecule has 4 aliphatic rings. The lowest BCUT2D eigenvalue weighted by Crippen LogP contribution is -2.65. The molecule has 0 spiro atoms. The van der Waals surface area contributed by atoms with Crippen LogP contribution < -0.4 is 0 Å². The molecular weight excluding hydrogens is 398 g/mol. The molecule has 0 aromatic rings. The monoisotopic (exact) mass is 442 g/mol. The van der Waals surface area contributed by atoms with Gasteiger partial charge in [-0.1, -0.05) is 34.1 Å². The Kier molecular flexibility index (Phi) is 6.09. The first-order valence-corrected chi connectivity index (χ1v) is 12.8. The Labute approximate surface area is 187 Å². The summed E-state index contributed by atoms with van der Waals surface area (Å²) in [7, 11) is 0. The Morgan fingerprint density at radius 3 is 2.29 bits per heavy atom. The first kappa shape index (κ1) is 23.9. The van der Waals surface area contributed by atoms with Crippen LogP contribution in [0.3, 0.4) is 0 Å². The van der Waals surface area contributed by atoms with E-state index in [2.05, 4.69) is 20.8 Å². The number of rotatable bonds is 4. The highest BCUT2D eigenvalue weighted by atomic mass is 19.3. The lowest BCUT2D eigenvalue weighted by atomic mass is 9.41. The van der Waals surface area contributed by atoms with Crippen molar-refractivity contribution in [3.05, 3.63) is 0 Å². The first-order chi connectivity index (χ1) is 14.3. The minimum absolute atomic E-state index is 0.0201. The molecule has 0 bridgehead atoms. The number of aliphatic hydroxyl groups excluding tert-OH is 3. The molecule has 4 aliphatic carbocycles. The quantitative estimate of drug-likeness (QED) is 0.556. The molecule has 4 fully saturated rings. The summed E-state index contributed by atoms with van der Waals surface area (Å²) in [5.74, 6) is -1.82. The largest absolute Gasteiger partial charge is 0.393 e. The van der Waals surface area contributed by atoms with Crippen LogP contribution in [0.2, 0.25) is 0 Å². The fourth-order valence-electron chi connectivity index (χ4n) is 9.60. The molecule has 180 valence electrons. The van der Waals surface area contributed by atoms with E-state index < -0.39 is 23.5 Å². The second-order valence-corrected chi connectivity index (χ2v) is 12.4. The van der Waals surface area contributed by atoms with E-state index >= 15 is 0 Å². The minimum Gasteiger partial charge on any atom is -0.393 e. The third-order valence-corrected chi connectivity index (χ3v) is 10.9. The van der Waals surface area contributed by atoms with Crippen molar-refractivity contribution in [1.82, 2.24) is 0 Å². The fourth-order valence-corrected chi connectivity index (χ4v) is 9.60. The van der Waals surface area contributed by atoms with Gasteiger partial charge >= 0.3 is 0 Å². The normalized spacial score (nSPS) is 53.4. The van der Waals surface area contributed by atoms with Gasteiger partial charge in [-0.15, -0.1) is 0 Å². The summed E-state index contributed by atoms with van der Waals surface area (Å²) in [5.41, 5.74) is -0.394. The Bertz CT molecular complexity index is 666. The van der Waals surface area contributed by atoms with Gasteiger partial charge in [0.15, 0.2) is 0 Å². The highest BCUT2D eigenvalue weighted by Gasteiger charge is 2.67. The molecule has 12 atom stereocenters. The van der Waals surface area contributed by atoms with Gasteiger partial charge in [0, 0.05) is 6.42 Å². The van der Waals surface area contributed by atoms with Gasteiger partial charge in [0.2, 0.25) is 5.92 Å². The number of halogens is 2. The van der Waals surface area contributed by atoms with Gasteiger partial charge in [-0.25, -0.2) is 8.78 Å². The maximum Gasteiger partial charge on any atom is 0.245 e. The van der Waals surface area contributed by atoms with E-state index in [4.69, 9.17) is 0 Å². The summed E-state index contributed by atoms with van der Waals surface area (Å²) >= 11 is 0. The average molecular weight is 443 g/mol. The predicted molar refractivity (Wildman–Crippen MR) is 118 cm³/mol. The molecule has 4 rings (SSSR count). The van der Waals surface area contributed by atoms with Crippen LogP contribution >= 0.6 is 0 Å². The summed E-state index contributed by atoms with van der Waals surface area (Å²) in [6.07, 6.45) is 4.43. The molecule has 0 saturated heterocycles. The van der Waals surface area contributed by atoms with E-state index in [9.17, 15) is 24.1 Å². The number of fused-ring (bicyclic) bond motifs is 5. The molecule has 5 heteroatoms. The Hall–Kier alpha value is -0.260. The molecule has 3 nitrogen and oxygen atoms in total. The van der Waals surface area contributed by atoms with E-state index in [1.54, 1.807) is 0 Å². The van der Waals surface area contributed by atoms with E-state index in [1.165, 1.54) is 0 Å². The maximum atomic E-state index is 13.8. The van der Waals surface area contributed by atoms with Gasteiger partial charge < -0.3 is 15.3 Å². The number of aliphatic hydroxyl groups is 3. The zero-order valence-electron chi connectivity index (χ0n) is 20.0. The van der Waals surface area contributed by atoms with Gasteiger partial charge in [0.25, 0.3) is 0 Å². The standard InChI is InChI=1S/C26H44F2O3/c1-6-16-19-11-15(29)9-10-24(19,3)20-12-21(30)26(5)17(14(2)13-25(4,27)28)7-8-18(26)22(20)23(16)31/h14-23,29-31H,6-13H2,1-5H3/t14-,15-,16-,17-,18?,19+,20?,21+,22+,23-,24+,26-/m1/s1. The topological polar surface area (TPSA) is 60.7 Å². The highest BCUT2D eigenvalue weighted by molar-refractivity contribution is 5.15. The smallest absolute Gasteiger partial charge is 0.245 e. The van der Waals surface area contributed by atoms with Crippen molar-refractivity contribution in [2.45, 2.75) is 110 Å². The molecule has 0 aliphatic heterocycles. The number of alkyl halides is 2. The van der Waals surface area contributed by atoms with Crippen LogP contribution in [-0.4, -0.2) is 39.6 Å². The van der Waals surface area contributed by atoms with E-state index in [0.29, 0.717) is 6.42 Å². The molecule has 0 heterocycles. The van der Waals surface area contributed by atoms with Crippen molar-refractivity contribution in [1.29, 1.82) is 0 Å². The summed E-state index contributed by atoms with van der Waals surface area (Å²) in [6.45, 7) is 9.56. The summed E-state index contributed by atoms with van der Waals surface area (Å²) in [5, 5.41) is 33.6. The van der Waals surface area contributed by atoms with Crippen LogP contribution in [0.5, 0.6) is 0 Å². The lowest BCUT2D eigenvalue weighted by Gasteiger charge is -2.65. The second-order valence-electron chi connectivity index (χ2n) is 12.4. The van der Waals surface area contributed by atoms with Gasteiger partial charge in [0.05, 0.1) is 18.3 Å². The zero-order valence-corrected chi connectivity index (χ0v) is 20.0. The van der Waals surface area contributed by atoms with Crippen LogP contribution in [-0.2, 0) is 0 Å². The van der Waals surface area contributed by atoms with E-state index in [1.807, 2.05) is 6.92 Å². The minimum atomic E-state index is -2.70. The number of hydrogen-bond acceptors (Lipinski definition) is 3. The van der Waals surface area contributed by atoms with Crippen LogP contribution in [0.15, 0.2) is 0 Å². The van der Waals surface area contributed by atoms with Crippen molar-refractivity contribution < 1.29 is 24.1 Å². The van der Waals surface area contributed by atoms with Crippen LogP contribution in [0, 0.1) is 52.3 Å². The number of hydrogen-bond donors (Lipinski definition) is 3. The molecule has 4 saturated carbocycles. The first-order valence-electron chi connectivity index (χ1n) is 12.8. The van der Waals surface area contributed by atoms with Gasteiger partial charge in [-0.2, -0.15) is 0 Å². The van der Waals surface area contributed by atoms with Crippen molar-refractivity contribution in [2.24, 2.45) is 52.3 Å². The fraction of sp³-hybridized carbons (Fsp3) is 1.00. The Morgan fingerprint density at radius 2 is 1.68 bits per heavy atom. The summed E-state index contributed by atoms with van der Waals surface area (Å²) in [6, 6.07) is 0. The molecule has 31 heavy (non-hydrogen) atoms. The maximum absolute atomic E-state index is 13.8. The lowest BCUT2D eigenvalue weighted by molar-refractivity contribution is -0.229. The Balaban J connectivity index is 1.69. The molecule has 0 aromatic carbocycles. The van der Waals surface area contributed by atoms with Crippen LogP contribution in [0.25, 0.3) is 0 Å². The zero-order chi connectivity index (χ0) is 22.9. The van der Waals surface area contributed by atoms with E-state index in [0.717, 1.165) is 45.4 Å². The molecule has 0 amide bonds. The predicted octanol–water partition coefficient (Wildman–Crippen LogP) is 5.27. The summed E-state index contributed by atoms with van der Waals surface area (Å²) < 4.78 is 27.7. The molecule has 0 aromatic heterocycles. The van der Waals surface area contributed by atoms with Gasteiger partial charge in [-0.3, -0.25) is 0 Å². The van der Waals surface area contributed by atoms with Gasteiger partial charge in [-0.05, 0) is 97.7 Å². The van der Waals surface area contributed by atoms with Gasteiger partial charge in [0.1, 0.15) is 0 Å². The summed E-state index contributed by atoms with van der Waals surface area (Å²) in [4.78, 5) is 0. The average Bonchev–Trinajstić information content (AvgIpc) is 3.02. The third-order valence-electron chi connectivity index (χ3n) is 10.9. The molecule has 0 radical (unpaired) electrons. The Morgan fingerprint density at radius 1 is 1.00 bits per heavy atom. The van der Waals surface area contributed by atoms with Crippen molar-refractivity contribution in [2.75, 3.05) is 0 Å². The van der Waals surface area contributed by atoms with Crippen LogP contribution in [0.1, 0.15) is 86.0 Å². The molecular formula is C26H44F2O3. The molecule has 3 N–H and O–H groups in total. The van der Waals surface area contributed by atoms with Crippen molar-refractivity contribution in [3.8, 4) is 0 Å². The van der Waals surface area contributed by atoms with Crippen LogP contribution in [0.4, 0.5) is 8.78 Å². The SMILES string of the molecule is CC[C@H]1[C@@H](O)[C@H]2C3CC[C@H]([C@H](C)CC(C)(F)F)[C@@]3(C)[C@@H](O)CC2[C@@]2(C)CC[C@@H](O)C[C@@H]12. The highest BCUT2D eigenvalue weighted by Crippen LogP contribution is 2.69. The van der Waals surface area contributed by atoms with Crippen molar-refractivity contribution >= 4 is 0 Å². The second kappa shape index (κ2) is 7.91. The van der Waals surface area contributed by atoms with Crippen molar-refractivity contribution in [3.63, 3.8) is 0 Å².